The first-order valence-electron chi connectivity index (χ1n) is 13.2. The summed E-state index contributed by atoms with van der Waals surface area (Å²) in [4.78, 5) is 0. The molecule has 0 aromatic heterocycles. The van der Waals surface area contributed by atoms with Gasteiger partial charge in [0.05, 0.1) is 18.3 Å². The van der Waals surface area contributed by atoms with E-state index in [0.29, 0.717) is 18.4 Å². The summed E-state index contributed by atoms with van der Waals surface area (Å²) >= 11 is 0. The van der Waals surface area contributed by atoms with Gasteiger partial charge in [-0.3, -0.25) is 0 Å². The fourth-order valence-corrected chi connectivity index (χ4v) is 5.89. The Hall–Kier alpha value is -1.46. The standard InChI is InChI=1S/C29H45NO3/c1-2-30-29(20-10-11-21-29)19-9-4-3-8-14-25-26(28(33)22-27(25)32)18-17-24(31)16-15-23-12-6-5-7-13-23/h3,5-8,12-13,17-18,24-28,30-33H,2,4,9-11,14-16,19-22H2,1H3/b8-3-,18-17+/t24-,25+,26+,27-,28+/m0/s1. The molecular formula is C29H45NO3. The monoisotopic (exact) mass is 455 g/mol. The summed E-state index contributed by atoms with van der Waals surface area (Å²) in [5.74, 6) is -0.0942. The van der Waals surface area contributed by atoms with Gasteiger partial charge in [-0.1, -0.05) is 74.4 Å². The van der Waals surface area contributed by atoms with E-state index in [1.165, 1.54) is 44.1 Å². The van der Waals surface area contributed by atoms with Crippen LogP contribution in [0.2, 0.25) is 0 Å². The number of unbranched alkanes of at least 4 members (excludes halogenated alkanes) is 1. The summed E-state index contributed by atoms with van der Waals surface area (Å²) in [6, 6.07) is 10.2. The highest BCUT2D eigenvalue weighted by molar-refractivity contribution is 5.15. The third-order valence-electron chi connectivity index (χ3n) is 7.76. The first-order chi connectivity index (χ1) is 16.0. The molecule has 0 saturated heterocycles. The van der Waals surface area contributed by atoms with Crippen molar-refractivity contribution in [2.45, 2.75) is 101 Å². The quantitative estimate of drug-likeness (QED) is 0.251. The summed E-state index contributed by atoms with van der Waals surface area (Å²) in [6.45, 7) is 3.25. The minimum Gasteiger partial charge on any atom is -0.393 e. The fraction of sp³-hybridized carbons (Fsp3) is 0.655. The Balaban J connectivity index is 1.42. The predicted octanol–water partition coefficient (Wildman–Crippen LogP) is 4.93. The molecule has 5 atom stereocenters. The maximum Gasteiger partial charge on any atom is 0.0724 e. The highest BCUT2D eigenvalue weighted by atomic mass is 16.3. The summed E-state index contributed by atoms with van der Waals surface area (Å²) in [6.07, 6.45) is 18.1. The SMILES string of the molecule is CCNC1(CCC/C=C\C[C@@H]2[C@@H](/C=C/[C@@H](O)CCc3ccccc3)[C@H](O)C[C@@H]2O)CCCC1. The summed E-state index contributed by atoms with van der Waals surface area (Å²) in [5, 5.41) is 35.1. The molecule has 1 aromatic carbocycles. The fourth-order valence-electron chi connectivity index (χ4n) is 5.89. The van der Waals surface area contributed by atoms with E-state index < -0.39 is 18.3 Å². The summed E-state index contributed by atoms with van der Waals surface area (Å²) < 4.78 is 0. The molecule has 0 bridgehead atoms. The number of benzene rings is 1. The molecule has 4 heteroatoms. The van der Waals surface area contributed by atoms with E-state index in [0.717, 1.165) is 25.8 Å². The van der Waals surface area contributed by atoms with Crippen molar-refractivity contribution in [2.75, 3.05) is 6.54 Å². The van der Waals surface area contributed by atoms with Crippen molar-refractivity contribution in [3.63, 3.8) is 0 Å². The van der Waals surface area contributed by atoms with Crippen LogP contribution < -0.4 is 5.32 Å². The number of hydrogen-bond acceptors (Lipinski definition) is 4. The van der Waals surface area contributed by atoms with Crippen molar-refractivity contribution in [3.05, 3.63) is 60.2 Å². The van der Waals surface area contributed by atoms with Crippen LogP contribution in [-0.2, 0) is 6.42 Å². The molecule has 2 aliphatic carbocycles. The Kier molecular flexibility index (Phi) is 10.6. The minimum absolute atomic E-state index is 0.0109. The van der Waals surface area contributed by atoms with Gasteiger partial charge in [0, 0.05) is 17.9 Å². The number of aliphatic hydroxyl groups is 3. The second-order valence-electron chi connectivity index (χ2n) is 10.2. The van der Waals surface area contributed by atoms with Gasteiger partial charge in [0.1, 0.15) is 0 Å². The maximum atomic E-state index is 10.5. The van der Waals surface area contributed by atoms with E-state index in [9.17, 15) is 15.3 Å². The number of nitrogens with one attached hydrogen (secondary N) is 1. The van der Waals surface area contributed by atoms with Crippen molar-refractivity contribution in [1.82, 2.24) is 5.32 Å². The molecular weight excluding hydrogens is 410 g/mol. The van der Waals surface area contributed by atoms with E-state index in [4.69, 9.17) is 0 Å². The first-order valence-corrected chi connectivity index (χ1v) is 13.2. The molecule has 0 spiro atoms. The second-order valence-corrected chi connectivity index (χ2v) is 10.2. The average molecular weight is 456 g/mol. The van der Waals surface area contributed by atoms with Gasteiger partial charge in [-0.2, -0.15) is 0 Å². The van der Waals surface area contributed by atoms with Gasteiger partial charge >= 0.3 is 0 Å². The lowest BCUT2D eigenvalue weighted by Crippen LogP contribution is -2.42. The van der Waals surface area contributed by atoms with Gasteiger partial charge in [0.25, 0.3) is 0 Å². The average Bonchev–Trinajstić information content (AvgIpc) is 3.38. The van der Waals surface area contributed by atoms with Gasteiger partial charge in [-0.15, -0.1) is 0 Å². The molecule has 33 heavy (non-hydrogen) atoms. The molecule has 0 amide bonds. The van der Waals surface area contributed by atoms with Gasteiger partial charge in [0.15, 0.2) is 0 Å². The van der Waals surface area contributed by atoms with Crippen LogP contribution in [-0.4, -0.2) is 45.7 Å². The molecule has 184 valence electrons. The third-order valence-corrected chi connectivity index (χ3v) is 7.76. The van der Waals surface area contributed by atoms with E-state index in [1.807, 2.05) is 30.4 Å². The van der Waals surface area contributed by atoms with Crippen LogP contribution in [0.25, 0.3) is 0 Å². The number of allylic oxidation sites excluding steroid dienone is 2. The van der Waals surface area contributed by atoms with Crippen LogP contribution in [0.3, 0.4) is 0 Å². The molecule has 1 aromatic rings. The minimum atomic E-state index is -0.543. The highest BCUT2D eigenvalue weighted by Gasteiger charge is 2.39. The highest BCUT2D eigenvalue weighted by Crippen LogP contribution is 2.37. The number of rotatable bonds is 13. The topological polar surface area (TPSA) is 72.7 Å². The summed E-state index contributed by atoms with van der Waals surface area (Å²) in [5.41, 5.74) is 1.58. The third kappa shape index (κ3) is 8.06. The number of aryl methyl sites for hydroxylation is 1. The van der Waals surface area contributed by atoms with Gasteiger partial charge < -0.3 is 20.6 Å². The van der Waals surface area contributed by atoms with E-state index in [1.54, 1.807) is 0 Å². The maximum absolute atomic E-state index is 10.5. The van der Waals surface area contributed by atoms with Crippen molar-refractivity contribution in [2.24, 2.45) is 11.8 Å². The smallest absolute Gasteiger partial charge is 0.0724 e. The summed E-state index contributed by atoms with van der Waals surface area (Å²) in [7, 11) is 0. The van der Waals surface area contributed by atoms with E-state index in [-0.39, 0.29) is 11.8 Å². The van der Waals surface area contributed by atoms with Crippen molar-refractivity contribution >= 4 is 0 Å². The lowest BCUT2D eigenvalue weighted by atomic mass is 9.89. The molecule has 0 aliphatic heterocycles. The Morgan fingerprint density at radius 2 is 1.85 bits per heavy atom. The first kappa shape index (κ1) is 26.2. The van der Waals surface area contributed by atoms with E-state index in [2.05, 4.69) is 36.5 Å². The lowest BCUT2D eigenvalue weighted by Gasteiger charge is -2.30. The Bertz CT molecular complexity index is 726. The predicted molar refractivity (Wildman–Crippen MR) is 136 cm³/mol. The largest absolute Gasteiger partial charge is 0.393 e. The zero-order valence-corrected chi connectivity index (χ0v) is 20.4. The van der Waals surface area contributed by atoms with Crippen molar-refractivity contribution in [3.8, 4) is 0 Å². The molecule has 0 radical (unpaired) electrons. The Morgan fingerprint density at radius 3 is 2.58 bits per heavy atom. The molecule has 0 unspecified atom stereocenters. The second kappa shape index (κ2) is 13.4. The zero-order chi connectivity index (χ0) is 23.5. The van der Waals surface area contributed by atoms with Crippen LogP contribution in [0.15, 0.2) is 54.6 Å². The molecule has 4 N–H and O–H groups in total. The van der Waals surface area contributed by atoms with E-state index >= 15 is 0 Å². The van der Waals surface area contributed by atoms with Crippen LogP contribution in [0, 0.1) is 11.8 Å². The van der Waals surface area contributed by atoms with Crippen LogP contribution in [0.4, 0.5) is 0 Å². The molecule has 2 saturated carbocycles. The van der Waals surface area contributed by atoms with Crippen molar-refractivity contribution < 1.29 is 15.3 Å². The van der Waals surface area contributed by atoms with Crippen LogP contribution >= 0.6 is 0 Å². The Morgan fingerprint density at radius 1 is 1.09 bits per heavy atom. The Labute approximate surface area is 200 Å². The van der Waals surface area contributed by atoms with Crippen LogP contribution in [0.1, 0.15) is 76.7 Å². The molecule has 0 heterocycles. The molecule has 4 nitrogen and oxygen atoms in total. The lowest BCUT2D eigenvalue weighted by molar-refractivity contribution is 0.120. The molecule has 2 fully saturated rings. The van der Waals surface area contributed by atoms with Gasteiger partial charge in [0.2, 0.25) is 0 Å². The normalized spacial score (nSPS) is 28.2. The van der Waals surface area contributed by atoms with Gasteiger partial charge in [-0.25, -0.2) is 0 Å². The zero-order valence-electron chi connectivity index (χ0n) is 20.4. The van der Waals surface area contributed by atoms with Crippen LogP contribution in [0.5, 0.6) is 0 Å². The number of aliphatic hydroxyl groups excluding tert-OH is 3. The molecule has 3 rings (SSSR count). The number of hydrogen-bond donors (Lipinski definition) is 4. The van der Waals surface area contributed by atoms with Crippen molar-refractivity contribution in [1.29, 1.82) is 0 Å². The molecule has 2 aliphatic rings. The van der Waals surface area contributed by atoms with Gasteiger partial charge in [-0.05, 0) is 69.4 Å².